The molecule has 1 aliphatic rings. The number of nitrogens with one attached hydrogen (secondary N) is 1. The zero-order valence-corrected chi connectivity index (χ0v) is 12.6. The number of nitrogens with two attached hydrogens (primary N) is 1. The summed E-state index contributed by atoms with van der Waals surface area (Å²) in [5.74, 6) is -0.0624. The van der Waals surface area contributed by atoms with Crippen LogP contribution in [0.15, 0.2) is 23.2 Å². The maximum Gasteiger partial charge on any atom is 0.266 e. The van der Waals surface area contributed by atoms with Crippen LogP contribution in [0.4, 0.5) is 10.8 Å². The van der Waals surface area contributed by atoms with Gasteiger partial charge in [0.15, 0.2) is 0 Å². The van der Waals surface area contributed by atoms with Crippen LogP contribution in [0.3, 0.4) is 0 Å². The van der Waals surface area contributed by atoms with Crippen molar-refractivity contribution < 1.29 is 8.42 Å². The van der Waals surface area contributed by atoms with Gasteiger partial charge in [0.05, 0.1) is 5.56 Å². The van der Waals surface area contributed by atoms with E-state index < -0.39 is 10.0 Å². The number of pyridine rings is 1. The molecule has 6 nitrogen and oxygen atoms in total. The number of anilines is 2. The predicted octanol–water partition coefficient (Wildman–Crippen LogP) is 1.89. The third-order valence-electron chi connectivity index (χ3n) is 3.35. The normalized spacial score (nSPS) is 13.7. The van der Waals surface area contributed by atoms with E-state index in [1.807, 2.05) is 0 Å². The zero-order valence-electron chi connectivity index (χ0n) is 11.0. The zero-order chi connectivity index (χ0) is 15.0. The van der Waals surface area contributed by atoms with Crippen LogP contribution in [0.25, 0.3) is 0 Å². The Morgan fingerprint density at radius 3 is 2.95 bits per heavy atom. The maximum absolute atomic E-state index is 12.4. The standard InChI is InChI=1S/C13H12N4O2S2/c14-7-9-8-3-1-4-10(8)20-13(9)17-21(18,19)11-5-2-6-16-12(11)15/h2,5-6,17H,1,3-4H2,(H2,15,16). The van der Waals surface area contributed by atoms with E-state index in [4.69, 9.17) is 5.73 Å². The fraction of sp³-hybridized carbons (Fsp3) is 0.231. The van der Waals surface area contributed by atoms with Crippen LogP contribution >= 0.6 is 11.3 Å². The van der Waals surface area contributed by atoms with Crippen molar-refractivity contribution in [2.24, 2.45) is 0 Å². The molecule has 0 saturated heterocycles. The Morgan fingerprint density at radius 2 is 2.24 bits per heavy atom. The van der Waals surface area contributed by atoms with Crippen molar-refractivity contribution in [1.82, 2.24) is 4.98 Å². The first-order valence-electron chi connectivity index (χ1n) is 6.31. The molecule has 0 radical (unpaired) electrons. The Kier molecular flexibility index (Phi) is 3.31. The van der Waals surface area contributed by atoms with Gasteiger partial charge in [0.2, 0.25) is 0 Å². The Hall–Kier alpha value is -2.11. The Labute approximate surface area is 126 Å². The molecule has 21 heavy (non-hydrogen) atoms. The van der Waals surface area contributed by atoms with Gasteiger partial charge in [0.25, 0.3) is 10.0 Å². The largest absolute Gasteiger partial charge is 0.383 e. The molecular formula is C13H12N4O2S2. The monoisotopic (exact) mass is 320 g/mol. The van der Waals surface area contributed by atoms with Gasteiger partial charge in [0.1, 0.15) is 21.8 Å². The number of sulfonamides is 1. The van der Waals surface area contributed by atoms with Crippen molar-refractivity contribution in [3.05, 3.63) is 34.3 Å². The predicted molar refractivity (Wildman–Crippen MR) is 80.5 cm³/mol. The lowest BCUT2D eigenvalue weighted by Gasteiger charge is -2.08. The molecule has 3 rings (SSSR count). The van der Waals surface area contributed by atoms with Crippen LogP contribution in [0.5, 0.6) is 0 Å². The van der Waals surface area contributed by atoms with E-state index in [9.17, 15) is 13.7 Å². The topological polar surface area (TPSA) is 109 Å². The molecular weight excluding hydrogens is 308 g/mol. The second-order valence-corrected chi connectivity index (χ2v) is 7.42. The second kappa shape index (κ2) is 5.02. The molecule has 0 aromatic carbocycles. The van der Waals surface area contributed by atoms with Crippen LogP contribution in [-0.4, -0.2) is 13.4 Å². The molecule has 1 aliphatic carbocycles. The van der Waals surface area contributed by atoms with Gasteiger partial charge in [-0.15, -0.1) is 11.3 Å². The number of aryl methyl sites for hydroxylation is 1. The summed E-state index contributed by atoms with van der Waals surface area (Å²) in [6.45, 7) is 0. The van der Waals surface area contributed by atoms with Crippen molar-refractivity contribution in [3.63, 3.8) is 0 Å². The minimum absolute atomic E-state index is 0.0624. The summed E-state index contributed by atoms with van der Waals surface area (Å²) < 4.78 is 27.2. The molecule has 108 valence electrons. The lowest BCUT2D eigenvalue weighted by molar-refractivity contribution is 0.601. The number of rotatable bonds is 3. The maximum atomic E-state index is 12.4. The van der Waals surface area contributed by atoms with Gasteiger partial charge in [-0.3, -0.25) is 4.72 Å². The molecule has 0 unspecified atom stereocenters. The van der Waals surface area contributed by atoms with Gasteiger partial charge in [0, 0.05) is 11.1 Å². The van der Waals surface area contributed by atoms with Gasteiger partial charge in [-0.05, 0) is 37.0 Å². The summed E-state index contributed by atoms with van der Waals surface area (Å²) >= 11 is 1.33. The lowest BCUT2D eigenvalue weighted by Crippen LogP contribution is -2.15. The molecule has 2 aromatic rings. The fourth-order valence-corrected chi connectivity index (χ4v) is 5.03. The molecule has 2 heterocycles. The summed E-state index contributed by atoms with van der Waals surface area (Å²) in [6, 6.07) is 4.99. The number of hydrogen-bond acceptors (Lipinski definition) is 6. The van der Waals surface area contributed by atoms with E-state index in [0.29, 0.717) is 10.6 Å². The van der Waals surface area contributed by atoms with Gasteiger partial charge in [-0.2, -0.15) is 5.26 Å². The lowest BCUT2D eigenvalue weighted by atomic mass is 10.1. The first kappa shape index (κ1) is 13.9. The first-order chi connectivity index (χ1) is 10.0. The average Bonchev–Trinajstić information content (AvgIpc) is 2.98. The number of nitriles is 1. The van der Waals surface area contributed by atoms with E-state index in [-0.39, 0.29) is 10.7 Å². The number of thiophene rings is 1. The van der Waals surface area contributed by atoms with Gasteiger partial charge in [-0.1, -0.05) is 0 Å². The van der Waals surface area contributed by atoms with Gasteiger partial charge >= 0.3 is 0 Å². The Morgan fingerprint density at radius 1 is 1.43 bits per heavy atom. The molecule has 0 saturated carbocycles. The van der Waals surface area contributed by atoms with E-state index in [1.54, 1.807) is 0 Å². The highest BCUT2D eigenvalue weighted by Gasteiger charge is 2.26. The average molecular weight is 320 g/mol. The van der Waals surface area contributed by atoms with Crippen LogP contribution in [0, 0.1) is 11.3 Å². The number of nitrogens with zero attached hydrogens (tertiary/aromatic N) is 2. The summed E-state index contributed by atoms with van der Waals surface area (Å²) in [5.41, 5.74) is 7.01. The van der Waals surface area contributed by atoms with Crippen LogP contribution in [0.1, 0.15) is 22.4 Å². The molecule has 2 aromatic heterocycles. The van der Waals surface area contributed by atoms with Crippen LogP contribution in [-0.2, 0) is 22.9 Å². The molecule has 8 heteroatoms. The van der Waals surface area contributed by atoms with E-state index in [1.165, 1.54) is 29.7 Å². The minimum atomic E-state index is -3.84. The minimum Gasteiger partial charge on any atom is -0.383 e. The SMILES string of the molecule is N#Cc1c(NS(=O)(=O)c2cccnc2N)sc2c1CCC2. The van der Waals surface area contributed by atoms with Gasteiger partial charge in [-0.25, -0.2) is 13.4 Å². The number of nitrogen functional groups attached to an aromatic ring is 1. The molecule has 0 bridgehead atoms. The van der Waals surface area contributed by atoms with Crippen molar-refractivity contribution >= 4 is 32.2 Å². The third-order valence-corrected chi connectivity index (χ3v) is 6.08. The Balaban J connectivity index is 2.02. The number of hydrogen-bond donors (Lipinski definition) is 2. The molecule has 0 fully saturated rings. The van der Waals surface area contributed by atoms with E-state index in [0.717, 1.165) is 29.7 Å². The highest BCUT2D eigenvalue weighted by molar-refractivity contribution is 7.93. The van der Waals surface area contributed by atoms with E-state index >= 15 is 0 Å². The van der Waals surface area contributed by atoms with Crippen LogP contribution < -0.4 is 10.5 Å². The highest BCUT2D eigenvalue weighted by Crippen LogP contribution is 2.39. The number of aromatic nitrogens is 1. The fourth-order valence-electron chi connectivity index (χ4n) is 2.40. The Bertz CT molecular complexity index is 850. The molecule has 0 atom stereocenters. The summed E-state index contributed by atoms with van der Waals surface area (Å²) in [5, 5.41) is 9.64. The van der Waals surface area contributed by atoms with E-state index in [2.05, 4.69) is 15.8 Å². The van der Waals surface area contributed by atoms with Crippen molar-refractivity contribution in [2.45, 2.75) is 24.2 Å². The summed E-state index contributed by atoms with van der Waals surface area (Å²) in [6.07, 6.45) is 4.16. The summed E-state index contributed by atoms with van der Waals surface area (Å²) in [4.78, 5) is 4.78. The molecule has 0 amide bonds. The second-order valence-electron chi connectivity index (χ2n) is 4.67. The van der Waals surface area contributed by atoms with Crippen molar-refractivity contribution in [2.75, 3.05) is 10.5 Å². The molecule has 0 spiro atoms. The summed E-state index contributed by atoms with van der Waals surface area (Å²) in [7, 11) is -3.84. The van der Waals surface area contributed by atoms with Crippen LogP contribution in [0.2, 0.25) is 0 Å². The highest BCUT2D eigenvalue weighted by atomic mass is 32.2. The molecule has 3 N–H and O–H groups in total. The smallest absolute Gasteiger partial charge is 0.266 e. The molecule has 0 aliphatic heterocycles. The van der Waals surface area contributed by atoms with Crippen molar-refractivity contribution in [3.8, 4) is 6.07 Å². The third kappa shape index (κ3) is 2.34. The number of fused-ring (bicyclic) bond motifs is 1. The van der Waals surface area contributed by atoms with Gasteiger partial charge < -0.3 is 5.73 Å². The first-order valence-corrected chi connectivity index (χ1v) is 8.61. The quantitative estimate of drug-likeness (QED) is 0.897. The van der Waals surface area contributed by atoms with Crippen molar-refractivity contribution in [1.29, 1.82) is 5.26 Å².